The molecule has 0 fully saturated rings. The Morgan fingerprint density at radius 3 is 1.33 bits per heavy atom. The molecular formula is C76H98N2O17. The second kappa shape index (κ2) is 45.4. The number of nitrogen functional groups attached to an aromatic ring is 1. The minimum absolute atomic E-state index is 0.00495. The highest BCUT2D eigenvalue weighted by Gasteiger charge is 2.25. The highest BCUT2D eigenvalue weighted by atomic mass is 16.6. The predicted molar refractivity (Wildman–Crippen MR) is 366 cm³/mol. The minimum atomic E-state index is -0.848. The van der Waals surface area contributed by atoms with Gasteiger partial charge in [-0.2, -0.15) is 0 Å². The van der Waals surface area contributed by atoms with E-state index in [2.05, 4.69) is 20.1 Å². The van der Waals surface area contributed by atoms with E-state index in [-0.39, 0.29) is 70.9 Å². The first kappa shape index (κ1) is 76.7. The number of nitro groups is 1. The van der Waals surface area contributed by atoms with Crippen LogP contribution in [0.15, 0.2) is 128 Å². The van der Waals surface area contributed by atoms with Gasteiger partial charge in [0.25, 0.3) is 0 Å². The zero-order valence-electron chi connectivity index (χ0n) is 55.8. The number of carbonyl (C=O) groups is 6. The molecule has 0 saturated carbocycles. The number of anilines is 1. The summed E-state index contributed by atoms with van der Waals surface area (Å²) < 4.78 is 50.5. The Kier molecular flexibility index (Phi) is 36.6. The molecule has 19 nitrogen and oxygen atoms in total. The van der Waals surface area contributed by atoms with Crippen molar-refractivity contribution in [2.45, 2.75) is 193 Å². The van der Waals surface area contributed by atoms with Gasteiger partial charge in [0.15, 0.2) is 5.75 Å². The number of rotatable bonds is 50. The Balaban J connectivity index is 1.08. The molecule has 0 aromatic heterocycles. The fourth-order valence-corrected chi connectivity index (χ4v) is 10.3. The van der Waals surface area contributed by atoms with E-state index in [0.29, 0.717) is 86.0 Å². The van der Waals surface area contributed by atoms with Crippen molar-refractivity contribution in [2.24, 2.45) is 0 Å². The molecule has 0 bridgehead atoms. The molecule has 1 atom stereocenters. The highest BCUT2D eigenvalue weighted by molar-refractivity contribution is 6.06. The summed E-state index contributed by atoms with van der Waals surface area (Å²) in [6, 6.07) is 26.6. The Bertz CT molecular complexity index is 3160. The third-order valence-electron chi connectivity index (χ3n) is 15.8. The summed E-state index contributed by atoms with van der Waals surface area (Å²) >= 11 is 0. The number of nitro benzene ring substituents is 1. The van der Waals surface area contributed by atoms with E-state index < -0.39 is 28.8 Å². The van der Waals surface area contributed by atoms with Gasteiger partial charge in [-0.15, -0.1) is 0 Å². The van der Waals surface area contributed by atoms with Gasteiger partial charge >= 0.3 is 41.5 Å². The number of unbranched alkanes of at least 4 members (excludes halogenated alkanes) is 22. The van der Waals surface area contributed by atoms with E-state index in [0.717, 1.165) is 148 Å². The van der Waals surface area contributed by atoms with Gasteiger partial charge in [-0.25, -0.2) is 28.8 Å². The van der Waals surface area contributed by atoms with Crippen molar-refractivity contribution in [1.82, 2.24) is 0 Å². The first-order chi connectivity index (χ1) is 46.2. The second-order valence-corrected chi connectivity index (χ2v) is 23.5. The van der Waals surface area contributed by atoms with Crippen molar-refractivity contribution < 1.29 is 76.3 Å². The topological polar surface area (TPSA) is 255 Å². The average Bonchev–Trinajstić information content (AvgIpc) is 0.853. The van der Waals surface area contributed by atoms with E-state index in [1.807, 2.05) is 6.92 Å². The number of ether oxygens (including phenoxy) is 9. The summed E-state index contributed by atoms with van der Waals surface area (Å²) in [6.07, 6.45) is 28.4. The molecular weight excluding hydrogens is 1210 g/mol. The number of nitrogens with two attached hydrogens (primary N) is 1. The molecule has 0 radical (unpaired) electrons. The normalized spacial score (nSPS) is 11.2. The number of hydrogen-bond acceptors (Lipinski definition) is 18. The average molecular weight is 1310 g/mol. The lowest BCUT2D eigenvalue weighted by Crippen LogP contribution is -2.18. The predicted octanol–water partition coefficient (Wildman–Crippen LogP) is 17.8. The zero-order valence-corrected chi connectivity index (χ0v) is 55.8. The van der Waals surface area contributed by atoms with Crippen molar-refractivity contribution in [3.05, 3.63) is 161 Å². The van der Waals surface area contributed by atoms with Gasteiger partial charge < -0.3 is 48.4 Å². The van der Waals surface area contributed by atoms with Crippen LogP contribution >= 0.6 is 0 Å². The summed E-state index contributed by atoms with van der Waals surface area (Å²) in [7, 11) is 0. The first-order valence-electron chi connectivity index (χ1n) is 34.0. The number of esters is 6. The summed E-state index contributed by atoms with van der Waals surface area (Å²) in [5, 5.41) is 12.1. The molecule has 95 heavy (non-hydrogen) atoms. The third kappa shape index (κ3) is 30.3. The lowest BCUT2D eigenvalue weighted by molar-refractivity contribution is -0.386. The van der Waals surface area contributed by atoms with Gasteiger partial charge in [-0.3, -0.25) is 10.1 Å². The number of hydrogen-bond donors (Lipinski definition) is 1. The van der Waals surface area contributed by atoms with Crippen LogP contribution in [0, 0.1) is 10.1 Å². The fourth-order valence-electron chi connectivity index (χ4n) is 10.3. The first-order valence-corrected chi connectivity index (χ1v) is 34.0. The molecule has 514 valence electrons. The van der Waals surface area contributed by atoms with Crippen LogP contribution < -0.4 is 29.4 Å². The molecule has 0 unspecified atom stereocenters. The standard InChI is InChI=1S/C76H98N2O17/c1-5-8-9-26-33-57(4)93-70-56-68(77)66(55-69(70)78(85)86)58-34-36-59(37-35-58)73(81)91-52-31-24-25-32-53-92-75(83)67-54-60(74(82)94-63-43-39-61(40-44-63)87-48-27-20-16-12-10-14-18-22-29-50-89-71(79)6-2)38-47-65(67)76(84)95-64-45-41-62(42-46-64)88-49-28-21-17-13-11-15-19-23-30-51-90-72(80)7-3/h6-7,34-47,54-57H,2-3,5,8-33,48-53,77H2,1,4H3/t57-/m0/s1. The Morgan fingerprint density at radius 1 is 0.453 bits per heavy atom. The summed E-state index contributed by atoms with van der Waals surface area (Å²) in [5.41, 5.74) is 7.48. The summed E-state index contributed by atoms with van der Waals surface area (Å²) in [5.74, 6) is -1.97. The molecule has 0 amide bonds. The van der Waals surface area contributed by atoms with Gasteiger partial charge in [-0.1, -0.05) is 141 Å². The monoisotopic (exact) mass is 1310 g/mol. The van der Waals surface area contributed by atoms with Crippen LogP contribution in [-0.4, -0.2) is 86.5 Å². The number of carbonyl (C=O) groups excluding carboxylic acids is 6. The van der Waals surface area contributed by atoms with Crippen molar-refractivity contribution >= 4 is 47.2 Å². The molecule has 2 N–H and O–H groups in total. The van der Waals surface area contributed by atoms with Crippen LogP contribution in [0.3, 0.4) is 0 Å². The molecule has 0 aliphatic rings. The van der Waals surface area contributed by atoms with Gasteiger partial charge in [0, 0.05) is 35.5 Å². The van der Waals surface area contributed by atoms with Crippen LogP contribution in [0.25, 0.3) is 11.1 Å². The second-order valence-electron chi connectivity index (χ2n) is 23.5. The molecule has 0 aliphatic carbocycles. The third-order valence-corrected chi connectivity index (χ3v) is 15.8. The Hall–Kier alpha value is -9.00. The van der Waals surface area contributed by atoms with Crippen LogP contribution in [0.1, 0.15) is 229 Å². The van der Waals surface area contributed by atoms with E-state index in [9.17, 15) is 38.9 Å². The summed E-state index contributed by atoms with van der Waals surface area (Å²) in [4.78, 5) is 88.1. The largest absolute Gasteiger partial charge is 0.494 e. The molecule has 0 spiro atoms. The maximum Gasteiger partial charge on any atom is 0.344 e. The van der Waals surface area contributed by atoms with Crippen molar-refractivity contribution in [2.75, 3.05) is 45.4 Å². The van der Waals surface area contributed by atoms with Crippen molar-refractivity contribution in [3.8, 4) is 39.9 Å². The molecule has 0 aliphatic heterocycles. The van der Waals surface area contributed by atoms with Gasteiger partial charge in [0.1, 0.15) is 23.0 Å². The number of benzene rings is 5. The van der Waals surface area contributed by atoms with Crippen molar-refractivity contribution in [3.63, 3.8) is 0 Å². The zero-order chi connectivity index (χ0) is 68.3. The van der Waals surface area contributed by atoms with Gasteiger partial charge in [-0.05, 0) is 156 Å². The smallest absolute Gasteiger partial charge is 0.344 e. The molecule has 0 heterocycles. The van der Waals surface area contributed by atoms with E-state index in [1.54, 1.807) is 72.8 Å². The van der Waals surface area contributed by atoms with Gasteiger partial charge in [0.05, 0.1) is 72.9 Å². The van der Waals surface area contributed by atoms with Crippen LogP contribution in [-0.2, 0) is 28.5 Å². The maximum atomic E-state index is 13.8. The number of nitrogens with zero attached hydrogens (tertiary/aromatic N) is 1. The van der Waals surface area contributed by atoms with E-state index in [4.69, 9.17) is 48.4 Å². The highest BCUT2D eigenvalue weighted by Crippen LogP contribution is 2.38. The fraction of sp³-hybridized carbons (Fsp3) is 0.474. The quantitative estimate of drug-likeness (QED) is 0.00555. The van der Waals surface area contributed by atoms with E-state index in [1.165, 1.54) is 42.5 Å². The lowest BCUT2D eigenvalue weighted by Gasteiger charge is -2.16. The van der Waals surface area contributed by atoms with Gasteiger partial charge in [0.2, 0.25) is 0 Å². The van der Waals surface area contributed by atoms with Crippen LogP contribution in [0.2, 0.25) is 0 Å². The molecule has 5 aromatic carbocycles. The van der Waals surface area contributed by atoms with E-state index >= 15 is 0 Å². The van der Waals surface area contributed by atoms with Crippen molar-refractivity contribution in [1.29, 1.82) is 0 Å². The Morgan fingerprint density at radius 2 is 0.863 bits per heavy atom. The SMILES string of the molecule is C=CC(=O)OCCCCCCCCCCCOc1ccc(OC(=O)c2ccc(C(=O)Oc3ccc(OCCCCCCCCCCCOC(=O)C=C)cc3)c(C(=O)OCCCCCCOC(=O)c3ccc(-c4cc([N+](=O)[O-])c(O[C@@H](C)CCCCCC)cc4N)cc3)c2)cc1. The molecule has 19 heteroatoms. The molecule has 5 rings (SSSR count). The molecule has 5 aromatic rings. The maximum absolute atomic E-state index is 13.8. The van der Waals surface area contributed by atoms with Crippen LogP contribution in [0.5, 0.6) is 28.7 Å². The van der Waals surface area contributed by atoms with Crippen LogP contribution in [0.4, 0.5) is 11.4 Å². The lowest BCUT2D eigenvalue weighted by atomic mass is 10.0. The minimum Gasteiger partial charge on any atom is -0.494 e. The summed E-state index contributed by atoms with van der Waals surface area (Å²) in [6.45, 7) is 12.9. The molecule has 0 saturated heterocycles. The Labute approximate surface area is 560 Å².